The van der Waals surface area contributed by atoms with Gasteiger partial charge in [0, 0.05) is 25.7 Å². The van der Waals surface area contributed by atoms with Gasteiger partial charge in [-0.15, -0.1) is 11.3 Å². The van der Waals surface area contributed by atoms with E-state index in [4.69, 9.17) is 9.72 Å². The van der Waals surface area contributed by atoms with E-state index in [9.17, 15) is 9.59 Å². The Morgan fingerprint density at radius 1 is 1.18 bits per heavy atom. The zero-order valence-corrected chi connectivity index (χ0v) is 19.8. The Morgan fingerprint density at radius 3 is 2.85 bits per heavy atom. The van der Waals surface area contributed by atoms with E-state index in [-0.39, 0.29) is 17.4 Å². The van der Waals surface area contributed by atoms with Crippen LogP contribution in [0.25, 0.3) is 15.9 Å². The first-order chi connectivity index (χ1) is 16.6. The molecule has 1 aliphatic rings. The van der Waals surface area contributed by atoms with Crippen molar-refractivity contribution in [2.75, 3.05) is 25.1 Å². The molecular formula is C26H26N4O3S. The summed E-state index contributed by atoms with van der Waals surface area (Å²) in [7, 11) is 1.60. The molecule has 0 spiro atoms. The van der Waals surface area contributed by atoms with Crippen LogP contribution in [-0.2, 0) is 11.3 Å². The van der Waals surface area contributed by atoms with Crippen LogP contribution in [0.3, 0.4) is 0 Å². The molecule has 2 aromatic heterocycles. The second-order valence-electron chi connectivity index (χ2n) is 8.38. The molecule has 7 nitrogen and oxygen atoms in total. The molecule has 0 saturated carbocycles. The normalized spacial score (nSPS) is 15.9. The molecular weight excluding hydrogens is 448 g/mol. The lowest BCUT2D eigenvalue weighted by Gasteiger charge is -2.34. The number of carbonyl (C=O) groups is 1. The Labute approximate surface area is 201 Å². The van der Waals surface area contributed by atoms with E-state index in [1.165, 1.54) is 11.3 Å². The van der Waals surface area contributed by atoms with Gasteiger partial charge in [0.15, 0.2) is 0 Å². The van der Waals surface area contributed by atoms with Crippen LogP contribution in [0.5, 0.6) is 5.75 Å². The molecule has 34 heavy (non-hydrogen) atoms. The summed E-state index contributed by atoms with van der Waals surface area (Å²) in [5.41, 5.74) is 2.33. The Bertz CT molecular complexity index is 1370. The number of piperidine rings is 1. The van der Waals surface area contributed by atoms with E-state index in [1.807, 2.05) is 66.0 Å². The molecule has 3 heterocycles. The Kier molecular flexibility index (Phi) is 6.31. The molecule has 8 heteroatoms. The molecule has 1 saturated heterocycles. The second kappa shape index (κ2) is 9.69. The van der Waals surface area contributed by atoms with Gasteiger partial charge in [-0.05, 0) is 42.0 Å². The fourth-order valence-corrected chi connectivity index (χ4v) is 5.16. The maximum Gasteiger partial charge on any atom is 0.277 e. The number of rotatable bonds is 6. The summed E-state index contributed by atoms with van der Waals surface area (Å²) < 4.78 is 7.64. The van der Waals surface area contributed by atoms with Gasteiger partial charge in [-0.3, -0.25) is 9.59 Å². The summed E-state index contributed by atoms with van der Waals surface area (Å²) in [6.45, 7) is 1.74. The third kappa shape index (κ3) is 4.41. The molecule has 2 aromatic carbocycles. The van der Waals surface area contributed by atoms with Crippen molar-refractivity contribution in [3.05, 3.63) is 82.0 Å². The lowest BCUT2D eigenvalue weighted by Crippen LogP contribution is -2.45. The number of thiophene rings is 1. The second-order valence-corrected chi connectivity index (χ2v) is 9.29. The third-order valence-corrected chi connectivity index (χ3v) is 7.05. The molecule has 0 aliphatic carbocycles. The van der Waals surface area contributed by atoms with Crippen LogP contribution in [0.4, 0.5) is 5.95 Å². The van der Waals surface area contributed by atoms with Crippen LogP contribution in [-0.4, -0.2) is 35.7 Å². The zero-order chi connectivity index (χ0) is 23.5. The van der Waals surface area contributed by atoms with E-state index in [0.29, 0.717) is 40.7 Å². The first-order valence-corrected chi connectivity index (χ1v) is 12.2. The number of methoxy groups -OCH3 is 1. The van der Waals surface area contributed by atoms with Crippen LogP contribution in [0.1, 0.15) is 18.4 Å². The van der Waals surface area contributed by atoms with Crippen LogP contribution < -0.4 is 20.5 Å². The summed E-state index contributed by atoms with van der Waals surface area (Å²) >= 11 is 1.39. The number of nitrogens with zero attached hydrogens (tertiary/aromatic N) is 3. The van der Waals surface area contributed by atoms with Gasteiger partial charge in [0.2, 0.25) is 11.9 Å². The number of anilines is 1. The highest BCUT2D eigenvalue weighted by atomic mass is 32.1. The van der Waals surface area contributed by atoms with Crippen molar-refractivity contribution in [3.63, 3.8) is 0 Å². The molecule has 1 aliphatic heterocycles. The van der Waals surface area contributed by atoms with E-state index in [0.717, 1.165) is 24.9 Å². The molecule has 1 amide bonds. The summed E-state index contributed by atoms with van der Waals surface area (Å²) in [5.74, 6) is 1.08. The van der Waals surface area contributed by atoms with Crippen LogP contribution in [0.15, 0.2) is 70.8 Å². The molecule has 0 radical (unpaired) electrons. The van der Waals surface area contributed by atoms with E-state index in [1.54, 1.807) is 11.7 Å². The predicted octanol–water partition coefficient (Wildman–Crippen LogP) is 3.99. The van der Waals surface area contributed by atoms with Gasteiger partial charge in [-0.2, -0.15) is 0 Å². The number of aromatic nitrogens is 2. The van der Waals surface area contributed by atoms with Crippen molar-refractivity contribution >= 4 is 33.4 Å². The molecule has 1 fully saturated rings. The van der Waals surface area contributed by atoms with Crippen molar-refractivity contribution in [2.45, 2.75) is 19.4 Å². The summed E-state index contributed by atoms with van der Waals surface area (Å²) in [5, 5.41) is 4.95. The molecule has 0 bridgehead atoms. The topological polar surface area (TPSA) is 76.5 Å². The van der Waals surface area contributed by atoms with Crippen molar-refractivity contribution in [1.29, 1.82) is 0 Å². The number of hydrogen-bond donors (Lipinski definition) is 1. The zero-order valence-electron chi connectivity index (χ0n) is 18.9. The molecule has 5 rings (SSSR count). The Balaban J connectivity index is 1.46. The Morgan fingerprint density at radius 2 is 2.03 bits per heavy atom. The average Bonchev–Trinajstić information content (AvgIpc) is 3.37. The van der Waals surface area contributed by atoms with Gasteiger partial charge >= 0.3 is 0 Å². The van der Waals surface area contributed by atoms with Gasteiger partial charge in [0.05, 0.1) is 24.2 Å². The van der Waals surface area contributed by atoms with Crippen molar-refractivity contribution in [3.8, 4) is 11.4 Å². The number of ether oxygens (including phenoxy) is 1. The smallest absolute Gasteiger partial charge is 0.277 e. The average molecular weight is 475 g/mol. The molecule has 1 atom stereocenters. The quantitative estimate of drug-likeness (QED) is 0.457. The van der Waals surface area contributed by atoms with Crippen LogP contribution in [0, 0.1) is 5.92 Å². The van der Waals surface area contributed by atoms with Gasteiger partial charge < -0.3 is 15.0 Å². The fraction of sp³-hybridized carbons (Fsp3) is 0.269. The van der Waals surface area contributed by atoms with Crippen LogP contribution in [0.2, 0.25) is 0 Å². The minimum absolute atomic E-state index is 0.0282. The third-order valence-electron chi connectivity index (χ3n) is 6.16. The molecule has 0 unspecified atom stereocenters. The summed E-state index contributed by atoms with van der Waals surface area (Å²) in [6.07, 6.45) is 1.65. The fourth-order valence-electron chi connectivity index (χ4n) is 4.40. The van der Waals surface area contributed by atoms with E-state index in [2.05, 4.69) is 10.2 Å². The monoisotopic (exact) mass is 474 g/mol. The number of benzene rings is 2. The Hall–Kier alpha value is -3.65. The first kappa shape index (κ1) is 22.2. The SMILES string of the molecule is COc1cccc(-n2c(N3CCC[C@H](C(=O)NCc4ccccc4)C3)nc3ccsc3c2=O)c1. The number of hydrogen-bond acceptors (Lipinski definition) is 6. The highest BCUT2D eigenvalue weighted by Crippen LogP contribution is 2.27. The van der Waals surface area contributed by atoms with Crippen molar-refractivity contribution < 1.29 is 9.53 Å². The van der Waals surface area contributed by atoms with Gasteiger partial charge in [0.1, 0.15) is 10.4 Å². The summed E-state index contributed by atoms with van der Waals surface area (Å²) in [4.78, 5) is 33.4. The highest BCUT2D eigenvalue weighted by Gasteiger charge is 2.29. The minimum atomic E-state index is -0.175. The van der Waals surface area contributed by atoms with Crippen LogP contribution >= 0.6 is 11.3 Å². The first-order valence-electron chi connectivity index (χ1n) is 11.4. The van der Waals surface area contributed by atoms with E-state index < -0.39 is 0 Å². The predicted molar refractivity (Wildman–Crippen MR) is 135 cm³/mol. The molecule has 1 N–H and O–H groups in total. The number of fused-ring (bicyclic) bond motifs is 1. The van der Waals surface area contributed by atoms with Crippen molar-refractivity contribution in [1.82, 2.24) is 14.9 Å². The lowest BCUT2D eigenvalue weighted by atomic mass is 9.97. The standard InChI is InChI=1S/C26H26N4O3S/c1-33-21-11-5-10-20(15-21)30-25(32)23-22(12-14-34-23)28-26(30)29-13-6-9-19(17-29)24(31)27-16-18-7-3-2-4-8-18/h2-5,7-8,10-12,14-15,19H,6,9,13,16-17H2,1H3,(H,27,31)/t19-/m0/s1. The molecule has 4 aromatic rings. The lowest BCUT2D eigenvalue weighted by molar-refractivity contribution is -0.125. The van der Waals surface area contributed by atoms with E-state index >= 15 is 0 Å². The number of carbonyl (C=O) groups excluding carboxylic acids is 1. The van der Waals surface area contributed by atoms with Gasteiger partial charge in [-0.1, -0.05) is 36.4 Å². The van der Waals surface area contributed by atoms with Gasteiger partial charge in [0.25, 0.3) is 5.56 Å². The number of amides is 1. The minimum Gasteiger partial charge on any atom is -0.497 e. The van der Waals surface area contributed by atoms with Crippen molar-refractivity contribution in [2.24, 2.45) is 5.92 Å². The van der Waals surface area contributed by atoms with Gasteiger partial charge in [-0.25, -0.2) is 9.55 Å². The highest BCUT2D eigenvalue weighted by molar-refractivity contribution is 7.17. The largest absolute Gasteiger partial charge is 0.497 e. The summed E-state index contributed by atoms with van der Waals surface area (Å²) in [6, 6.07) is 19.2. The maximum atomic E-state index is 13.5. The number of nitrogens with one attached hydrogen (secondary N) is 1. The maximum absolute atomic E-state index is 13.5. The molecule has 174 valence electrons.